The van der Waals surface area contributed by atoms with Crippen molar-refractivity contribution in [3.05, 3.63) is 50.7 Å². The van der Waals surface area contributed by atoms with Crippen molar-refractivity contribution in [2.45, 2.75) is 38.4 Å². The molecule has 1 aromatic carbocycles. The fourth-order valence-electron chi connectivity index (χ4n) is 4.54. The normalized spacial score (nSPS) is 20.2. The van der Waals surface area contributed by atoms with E-state index in [9.17, 15) is 27.6 Å². The number of benzene rings is 1. The number of carbonyl (C=O) groups is 3. The molecule has 2 N–H and O–H groups in total. The second-order valence-corrected chi connectivity index (χ2v) is 10.4. The molecule has 0 saturated heterocycles. The van der Waals surface area contributed by atoms with Crippen LogP contribution in [0.15, 0.2) is 30.3 Å². The summed E-state index contributed by atoms with van der Waals surface area (Å²) in [5.74, 6) is -2.04. The van der Waals surface area contributed by atoms with Gasteiger partial charge in [0.25, 0.3) is 11.8 Å². The summed E-state index contributed by atoms with van der Waals surface area (Å²) < 4.78 is 37.6. The summed E-state index contributed by atoms with van der Waals surface area (Å²) in [6, 6.07) is 8.55. The minimum absolute atomic E-state index is 0.00148. The standard InChI is InChI=1S/C23H23ClF3N3O3S/c24-19-9-8-18(34-19)20(31)29-17-3-1-2-15-16(17)12-30(21(15)32)11-14-6-4-13(5-7-14)10-28-22(33)23(25,26)27/h1-3,8-9,13-14H,4-7,10-12H2,(H,28,33)(H,29,31). The first-order valence-corrected chi connectivity index (χ1v) is 12.1. The van der Waals surface area contributed by atoms with Gasteiger partial charge in [0.2, 0.25) is 0 Å². The Labute approximate surface area is 203 Å². The number of anilines is 1. The van der Waals surface area contributed by atoms with Crippen molar-refractivity contribution in [1.29, 1.82) is 0 Å². The lowest BCUT2D eigenvalue weighted by Crippen LogP contribution is -2.40. The molecule has 1 aliphatic heterocycles. The van der Waals surface area contributed by atoms with E-state index < -0.39 is 12.1 Å². The molecule has 0 unspecified atom stereocenters. The number of amides is 3. The summed E-state index contributed by atoms with van der Waals surface area (Å²) in [5, 5.41) is 4.84. The third-order valence-electron chi connectivity index (χ3n) is 6.34. The van der Waals surface area contributed by atoms with Gasteiger partial charge in [0.05, 0.1) is 9.21 Å². The fourth-order valence-corrected chi connectivity index (χ4v) is 5.48. The van der Waals surface area contributed by atoms with Gasteiger partial charge >= 0.3 is 12.1 Å². The molecule has 1 saturated carbocycles. The van der Waals surface area contributed by atoms with Crippen molar-refractivity contribution < 1.29 is 27.6 Å². The number of thiophene rings is 1. The van der Waals surface area contributed by atoms with Gasteiger partial charge in [-0.25, -0.2) is 0 Å². The lowest BCUT2D eigenvalue weighted by atomic mass is 9.81. The maximum atomic E-state index is 13.0. The van der Waals surface area contributed by atoms with Crippen LogP contribution < -0.4 is 10.6 Å². The summed E-state index contributed by atoms with van der Waals surface area (Å²) in [6.07, 6.45) is -1.92. The number of fused-ring (bicyclic) bond motifs is 1. The molecule has 0 radical (unpaired) electrons. The molecule has 34 heavy (non-hydrogen) atoms. The van der Waals surface area contributed by atoms with E-state index in [4.69, 9.17) is 11.6 Å². The molecule has 0 spiro atoms. The van der Waals surface area contributed by atoms with Gasteiger partial charge in [0.1, 0.15) is 0 Å². The van der Waals surface area contributed by atoms with E-state index >= 15 is 0 Å². The zero-order valence-corrected chi connectivity index (χ0v) is 19.7. The molecule has 0 atom stereocenters. The highest BCUT2D eigenvalue weighted by Crippen LogP contribution is 2.34. The van der Waals surface area contributed by atoms with Crippen molar-refractivity contribution in [3.63, 3.8) is 0 Å². The molecule has 1 fully saturated rings. The average molecular weight is 514 g/mol. The minimum Gasteiger partial charge on any atom is -0.348 e. The molecule has 3 amide bonds. The van der Waals surface area contributed by atoms with Crippen LogP contribution in [-0.4, -0.2) is 41.9 Å². The largest absolute Gasteiger partial charge is 0.471 e. The van der Waals surface area contributed by atoms with Crippen LogP contribution in [0, 0.1) is 11.8 Å². The van der Waals surface area contributed by atoms with E-state index in [2.05, 4.69) is 5.32 Å². The summed E-state index contributed by atoms with van der Waals surface area (Å²) in [7, 11) is 0. The fraction of sp³-hybridized carbons (Fsp3) is 0.435. The van der Waals surface area contributed by atoms with Gasteiger partial charge in [0, 0.05) is 36.4 Å². The lowest BCUT2D eigenvalue weighted by Gasteiger charge is -2.31. The highest BCUT2D eigenvalue weighted by molar-refractivity contribution is 7.18. The molecule has 2 aromatic rings. The predicted octanol–water partition coefficient (Wildman–Crippen LogP) is 5.09. The number of hydrogen-bond acceptors (Lipinski definition) is 4. The van der Waals surface area contributed by atoms with Crippen LogP contribution in [0.5, 0.6) is 0 Å². The number of alkyl halides is 3. The van der Waals surface area contributed by atoms with Gasteiger partial charge in [-0.05, 0) is 61.8 Å². The first-order valence-electron chi connectivity index (χ1n) is 10.9. The summed E-state index contributed by atoms with van der Waals surface area (Å²) >= 11 is 7.09. The molecular formula is C23H23ClF3N3O3S. The molecule has 0 bridgehead atoms. The number of nitrogens with zero attached hydrogens (tertiary/aromatic N) is 1. The monoisotopic (exact) mass is 513 g/mol. The number of rotatable bonds is 6. The third kappa shape index (κ3) is 5.55. The number of hydrogen-bond donors (Lipinski definition) is 2. The molecule has 4 rings (SSSR count). The molecule has 182 valence electrons. The number of halogens is 4. The van der Waals surface area contributed by atoms with Crippen LogP contribution in [0.3, 0.4) is 0 Å². The van der Waals surface area contributed by atoms with Crippen LogP contribution in [0.25, 0.3) is 0 Å². The highest BCUT2D eigenvalue weighted by atomic mass is 35.5. The molecule has 1 aromatic heterocycles. The predicted molar refractivity (Wildman–Crippen MR) is 123 cm³/mol. The van der Waals surface area contributed by atoms with Crippen molar-refractivity contribution in [2.24, 2.45) is 11.8 Å². The van der Waals surface area contributed by atoms with Gasteiger partial charge in [0.15, 0.2) is 0 Å². The smallest absolute Gasteiger partial charge is 0.348 e. The van der Waals surface area contributed by atoms with Crippen molar-refractivity contribution in [3.8, 4) is 0 Å². The Morgan fingerprint density at radius 1 is 1.09 bits per heavy atom. The first kappa shape index (κ1) is 24.5. The van der Waals surface area contributed by atoms with E-state index in [1.165, 1.54) is 11.3 Å². The first-order chi connectivity index (χ1) is 16.1. The van der Waals surface area contributed by atoms with Gasteiger partial charge in [-0.15, -0.1) is 11.3 Å². The van der Waals surface area contributed by atoms with Crippen LogP contribution in [0.2, 0.25) is 4.34 Å². The quantitative estimate of drug-likeness (QED) is 0.564. The summed E-state index contributed by atoms with van der Waals surface area (Å²) in [6.45, 7) is 0.943. The van der Waals surface area contributed by atoms with E-state index in [0.29, 0.717) is 46.4 Å². The van der Waals surface area contributed by atoms with E-state index in [1.54, 1.807) is 35.2 Å². The van der Waals surface area contributed by atoms with E-state index in [0.717, 1.165) is 18.4 Å². The zero-order chi connectivity index (χ0) is 24.5. The molecular weight excluding hydrogens is 491 g/mol. The molecule has 11 heteroatoms. The maximum Gasteiger partial charge on any atom is 0.471 e. The molecule has 2 aliphatic rings. The lowest BCUT2D eigenvalue weighted by molar-refractivity contribution is -0.173. The highest BCUT2D eigenvalue weighted by Gasteiger charge is 2.39. The summed E-state index contributed by atoms with van der Waals surface area (Å²) in [5.41, 5.74) is 1.92. The van der Waals surface area contributed by atoms with Gasteiger partial charge in [-0.1, -0.05) is 17.7 Å². The molecule has 2 heterocycles. The van der Waals surface area contributed by atoms with E-state index in [-0.39, 0.29) is 30.2 Å². The van der Waals surface area contributed by atoms with Crippen molar-refractivity contribution >= 4 is 46.3 Å². The number of carbonyl (C=O) groups excluding carboxylic acids is 3. The Morgan fingerprint density at radius 2 is 1.79 bits per heavy atom. The Morgan fingerprint density at radius 3 is 2.44 bits per heavy atom. The Hall–Kier alpha value is -2.59. The third-order valence-corrected chi connectivity index (χ3v) is 7.57. The Kier molecular flexibility index (Phi) is 7.18. The van der Waals surface area contributed by atoms with Crippen molar-refractivity contribution in [1.82, 2.24) is 10.2 Å². The van der Waals surface area contributed by atoms with Gasteiger partial charge in [-0.2, -0.15) is 13.2 Å². The summed E-state index contributed by atoms with van der Waals surface area (Å²) in [4.78, 5) is 38.8. The Bertz CT molecular complexity index is 1100. The second kappa shape index (κ2) is 9.95. The average Bonchev–Trinajstić information content (AvgIpc) is 3.37. The number of nitrogens with one attached hydrogen (secondary N) is 2. The van der Waals surface area contributed by atoms with Crippen LogP contribution in [0.4, 0.5) is 18.9 Å². The van der Waals surface area contributed by atoms with Crippen LogP contribution >= 0.6 is 22.9 Å². The Balaban J connectivity index is 1.31. The topological polar surface area (TPSA) is 78.5 Å². The van der Waals surface area contributed by atoms with Crippen LogP contribution in [0.1, 0.15) is 51.3 Å². The van der Waals surface area contributed by atoms with E-state index in [1.807, 2.05) is 5.32 Å². The minimum atomic E-state index is -4.86. The zero-order valence-electron chi connectivity index (χ0n) is 18.1. The SMILES string of the molecule is O=C(Nc1cccc2c1CN(CC1CCC(CNC(=O)C(F)(F)F)CC1)C2=O)c1ccc(Cl)s1. The van der Waals surface area contributed by atoms with Crippen molar-refractivity contribution in [2.75, 3.05) is 18.4 Å². The molecule has 1 aliphatic carbocycles. The van der Waals surface area contributed by atoms with Crippen LogP contribution in [-0.2, 0) is 11.3 Å². The molecule has 6 nitrogen and oxygen atoms in total. The maximum absolute atomic E-state index is 13.0. The second-order valence-electron chi connectivity index (χ2n) is 8.67. The van der Waals surface area contributed by atoms with Gasteiger partial charge < -0.3 is 15.5 Å². The van der Waals surface area contributed by atoms with Gasteiger partial charge in [-0.3, -0.25) is 14.4 Å².